The molecule has 2 atom stereocenters. The fourth-order valence-electron chi connectivity index (χ4n) is 2.53. The van der Waals surface area contributed by atoms with Crippen molar-refractivity contribution in [2.75, 3.05) is 6.54 Å². The summed E-state index contributed by atoms with van der Waals surface area (Å²) in [5, 5.41) is 0. The first-order valence-electron chi connectivity index (χ1n) is 6.83. The zero-order chi connectivity index (χ0) is 14.0. The Bertz CT molecular complexity index is 525. The van der Waals surface area contributed by atoms with Crippen LogP contribution in [0.2, 0.25) is 0 Å². The molecule has 1 aromatic carbocycles. The van der Waals surface area contributed by atoms with Crippen molar-refractivity contribution in [2.45, 2.75) is 50.1 Å². The molecular weight excluding hydrogens is 260 g/mol. The molecule has 0 spiro atoms. The van der Waals surface area contributed by atoms with E-state index in [4.69, 9.17) is 5.73 Å². The van der Waals surface area contributed by atoms with Gasteiger partial charge in [0.2, 0.25) is 10.0 Å². The van der Waals surface area contributed by atoms with E-state index >= 15 is 0 Å². The zero-order valence-electron chi connectivity index (χ0n) is 11.5. The van der Waals surface area contributed by atoms with E-state index in [2.05, 4.69) is 6.92 Å². The normalized spacial score (nSPS) is 24.8. The van der Waals surface area contributed by atoms with Crippen molar-refractivity contribution in [1.82, 2.24) is 4.31 Å². The molecule has 1 heterocycles. The quantitative estimate of drug-likeness (QED) is 0.915. The van der Waals surface area contributed by atoms with E-state index in [9.17, 15) is 8.42 Å². The fraction of sp³-hybridized carbons (Fsp3) is 0.571. The molecule has 19 heavy (non-hydrogen) atoms. The maximum Gasteiger partial charge on any atom is 0.243 e. The lowest BCUT2D eigenvalue weighted by Gasteiger charge is -2.22. The molecule has 1 aromatic rings. The molecule has 5 heteroatoms. The third-order valence-corrected chi connectivity index (χ3v) is 5.83. The number of nitrogens with two attached hydrogens (primary N) is 1. The van der Waals surface area contributed by atoms with Gasteiger partial charge in [0.15, 0.2) is 0 Å². The first-order chi connectivity index (χ1) is 8.96. The van der Waals surface area contributed by atoms with Crippen molar-refractivity contribution >= 4 is 10.0 Å². The lowest BCUT2D eigenvalue weighted by Crippen LogP contribution is -2.40. The number of hydrogen-bond donors (Lipinski definition) is 1. The Balaban J connectivity index is 2.24. The molecule has 0 amide bonds. The van der Waals surface area contributed by atoms with Crippen LogP contribution >= 0.6 is 0 Å². The minimum Gasteiger partial charge on any atom is -0.326 e. The maximum absolute atomic E-state index is 12.5. The summed E-state index contributed by atoms with van der Waals surface area (Å²) in [7, 11) is -3.40. The SMILES string of the molecule is CCCc1ccc(S(=O)(=O)N2CCC(N)C2C)cc1. The summed E-state index contributed by atoms with van der Waals surface area (Å²) in [4.78, 5) is 0.369. The summed E-state index contributed by atoms with van der Waals surface area (Å²) in [6.45, 7) is 4.50. The Morgan fingerprint density at radius 1 is 1.32 bits per heavy atom. The Morgan fingerprint density at radius 2 is 1.95 bits per heavy atom. The molecule has 1 saturated heterocycles. The predicted molar refractivity (Wildman–Crippen MR) is 76.4 cm³/mol. The van der Waals surface area contributed by atoms with Crippen molar-refractivity contribution in [3.05, 3.63) is 29.8 Å². The summed E-state index contributed by atoms with van der Waals surface area (Å²) in [5.74, 6) is 0. The van der Waals surface area contributed by atoms with Crippen LogP contribution in [0.5, 0.6) is 0 Å². The second-order valence-electron chi connectivity index (χ2n) is 5.20. The highest BCUT2D eigenvalue weighted by molar-refractivity contribution is 7.89. The molecule has 1 aliphatic rings. The monoisotopic (exact) mass is 282 g/mol. The van der Waals surface area contributed by atoms with Crippen LogP contribution in [0, 0.1) is 0 Å². The van der Waals surface area contributed by atoms with Gasteiger partial charge in [-0.15, -0.1) is 0 Å². The van der Waals surface area contributed by atoms with Crippen LogP contribution in [-0.2, 0) is 16.4 Å². The predicted octanol–water partition coefficient (Wildman–Crippen LogP) is 1.75. The molecule has 0 radical (unpaired) electrons. The summed E-state index contributed by atoms with van der Waals surface area (Å²) >= 11 is 0. The maximum atomic E-state index is 12.5. The van der Waals surface area contributed by atoms with Gasteiger partial charge in [-0.05, 0) is 37.5 Å². The summed E-state index contributed by atoms with van der Waals surface area (Å²) in [5.41, 5.74) is 7.07. The van der Waals surface area contributed by atoms with E-state index in [0.717, 1.165) is 19.3 Å². The molecular formula is C14H22N2O2S. The van der Waals surface area contributed by atoms with Crippen molar-refractivity contribution in [1.29, 1.82) is 0 Å². The van der Waals surface area contributed by atoms with E-state index in [1.54, 1.807) is 12.1 Å². The smallest absolute Gasteiger partial charge is 0.243 e. The number of rotatable bonds is 4. The summed E-state index contributed by atoms with van der Waals surface area (Å²) < 4.78 is 26.6. The molecule has 2 N–H and O–H groups in total. The van der Waals surface area contributed by atoms with Gasteiger partial charge in [-0.3, -0.25) is 0 Å². The largest absolute Gasteiger partial charge is 0.326 e. The summed E-state index contributed by atoms with van der Waals surface area (Å²) in [6, 6.07) is 7.02. The Hall–Kier alpha value is -0.910. The van der Waals surface area contributed by atoms with Gasteiger partial charge in [0.25, 0.3) is 0 Å². The van der Waals surface area contributed by atoms with Crippen LogP contribution in [-0.4, -0.2) is 31.4 Å². The number of aryl methyl sites for hydroxylation is 1. The van der Waals surface area contributed by atoms with Crippen molar-refractivity contribution < 1.29 is 8.42 Å². The van der Waals surface area contributed by atoms with Gasteiger partial charge in [-0.25, -0.2) is 8.42 Å². The average Bonchev–Trinajstić information content (AvgIpc) is 2.72. The van der Waals surface area contributed by atoms with Gasteiger partial charge in [0.05, 0.1) is 4.90 Å². The van der Waals surface area contributed by atoms with Crippen LogP contribution in [0.25, 0.3) is 0 Å². The topological polar surface area (TPSA) is 63.4 Å². The third kappa shape index (κ3) is 2.83. The van der Waals surface area contributed by atoms with Gasteiger partial charge in [-0.1, -0.05) is 25.5 Å². The van der Waals surface area contributed by atoms with Crippen LogP contribution in [0.3, 0.4) is 0 Å². The van der Waals surface area contributed by atoms with Gasteiger partial charge >= 0.3 is 0 Å². The Kier molecular flexibility index (Phi) is 4.28. The number of benzene rings is 1. The molecule has 0 bridgehead atoms. The highest BCUT2D eigenvalue weighted by Gasteiger charge is 2.37. The minimum absolute atomic E-state index is 0.0610. The van der Waals surface area contributed by atoms with E-state index < -0.39 is 10.0 Å². The standard InChI is InChI=1S/C14H22N2O2S/c1-3-4-12-5-7-13(8-6-12)19(17,18)16-10-9-14(15)11(16)2/h5-8,11,14H,3-4,9-10,15H2,1-2H3. The number of sulfonamides is 1. The molecule has 0 aromatic heterocycles. The molecule has 1 fully saturated rings. The average molecular weight is 282 g/mol. The Morgan fingerprint density at radius 3 is 2.42 bits per heavy atom. The van der Waals surface area contributed by atoms with Crippen molar-refractivity contribution in [2.24, 2.45) is 5.73 Å². The number of nitrogens with zero attached hydrogens (tertiary/aromatic N) is 1. The lowest BCUT2D eigenvalue weighted by atomic mass is 10.1. The molecule has 0 saturated carbocycles. The van der Waals surface area contributed by atoms with Gasteiger partial charge < -0.3 is 5.73 Å². The zero-order valence-corrected chi connectivity index (χ0v) is 12.4. The number of hydrogen-bond acceptors (Lipinski definition) is 3. The highest BCUT2D eigenvalue weighted by Crippen LogP contribution is 2.25. The van der Waals surface area contributed by atoms with E-state index in [0.29, 0.717) is 11.4 Å². The van der Waals surface area contributed by atoms with Crippen molar-refractivity contribution in [3.63, 3.8) is 0 Å². The molecule has 2 rings (SSSR count). The van der Waals surface area contributed by atoms with E-state index in [-0.39, 0.29) is 12.1 Å². The highest BCUT2D eigenvalue weighted by atomic mass is 32.2. The fourth-order valence-corrected chi connectivity index (χ4v) is 4.22. The van der Waals surface area contributed by atoms with Crippen LogP contribution in [0.4, 0.5) is 0 Å². The van der Waals surface area contributed by atoms with Gasteiger partial charge in [-0.2, -0.15) is 4.31 Å². The molecule has 4 nitrogen and oxygen atoms in total. The van der Waals surface area contributed by atoms with Crippen molar-refractivity contribution in [3.8, 4) is 0 Å². The molecule has 2 unspecified atom stereocenters. The van der Waals surface area contributed by atoms with E-state index in [1.165, 1.54) is 9.87 Å². The third-order valence-electron chi connectivity index (χ3n) is 3.83. The summed E-state index contributed by atoms with van der Waals surface area (Å²) in [6.07, 6.45) is 2.77. The lowest BCUT2D eigenvalue weighted by molar-refractivity contribution is 0.393. The minimum atomic E-state index is -3.40. The van der Waals surface area contributed by atoms with Gasteiger partial charge in [0.1, 0.15) is 0 Å². The first-order valence-corrected chi connectivity index (χ1v) is 8.27. The van der Waals surface area contributed by atoms with Gasteiger partial charge in [0, 0.05) is 18.6 Å². The van der Waals surface area contributed by atoms with E-state index in [1.807, 2.05) is 19.1 Å². The molecule has 0 aliphatic carbocycles. The van der Waals surface area contributed by atoms with Crippen LogP contribution in [0.15, 0.2) is 29.2 Å². The molecule has 1 aliphatic heterocycles. The Labute approximate surface area is 115 Å². The van der Waals surface area contributed by atoms with Crippen LogP contribution < -0.4 is 5.73 Å². The molecule has 106 valence electrons. The second-order valence-corrected chi connectivity index (χ2v) is 7.09. The second kappa shape index (κ2) is 5.61. The first kappa shape index (κ1) is 14.5. The van der Waals surface area contributed by atoms with Crippen LogP contribution in [0.1, 0.15) is 32.3 Å².